The third-order valence-corrected chi connectivity index (χ3v) is 11.2. The molecule has 2 atom stereocenters. The molecule has 1 aliphatic carbocycles. The molecule has 2 unspecified atom stereocenters. The predicted octanol–water partition coefficient (Wildman–Crippen LogP) is 8.35. The van der Waals surface area contributed by atoms with Gasteiger partial charge >= 0.3 is 0 Å². The fraction of sp³-hybridized carbons (Fsp3) is 0.400. The summed E-state index contributed by atoms with van der Waals surface area (Å²) in [6.45, 7) is 17.1. The van der Waals surface area contributed by atoms with E-state index in [4.69, 9.17) is 9.72 Å². The summed E-state index contributed by atoms with van der Waals surface area (Å²) < 4.78 is 8.24. The lowest BCUT2D eigenvalue weighted by Crippen LogP contribution is -2.69. The maximum absolute atomic E-state index is 10.7. The van der Waals surface area contributed by atoms with Gasteiger partial charge in [0.15, 0.2) is 5.69 Å². The molecule has 7 rings (SSSR count). The van der Waals surface area contributed by atoms with Gasteiger partial charge in [-0.25, -0.2) is 4.57 Å². The van der Waals surface area contributed by atoms with Crippen LogP contribution in [0.4, 0.5) is 0 Å². The van der Waals surface area contributed by atoms with Crippen LogP contribution in [0, 0.1) is 0 Å². The fourth-order valence-electron chi connectivity index (χ4n) is 8.62. The first-order valence-electron chi connectivity index (χ1n) is 16.0. The zero-order chi connectivity index (χ0) is 31.2. The summed E-state index contributed by atoms with van der Waals surface area (Å²) in [6.07, 6.45) is 3.52. The second kappa shape index (κ2) is 9.70. The van der Waals surface area contributed by atoms with Gasteiger partial charge in [0, 0.05) is 42.1 Å². The SMILES string of the molecule is COCCC1(C)[n+]2cnc3c(c2-c2cc(C(C)(C)C)c4ccccc4c2C1(C)CCO)C(C)(C)c1cc2ccccc2cc1-3. The van der Waals surface area contributed by atoms with Crippen LogP contribution in [-0.4, -0.2) is 30.4 Å². The molecule has 44 heavy (non-hydrogen) atoms. The van der Waals surface area contributed by atoms with E-state index in [0.29, 0.717) is 13.0 Å². The van der Waals surface area contributed by atoms with E-state index in [2.05, 4.69) is 126 Å². The molecule has 4 nitrogen and oxygen atoms in total. The van der Waals surface area contributed by atoms with Crippen molar-refractivity contribution >= 4 is 21.5 Å². The van der Waals surface area contributed by atoms with Gasteiger partial charge < -0.3 is 9.84 Å². The lowest BCUT2D eigenvalue weighted by Gasteiger charge is -2.50. The Balaban J connectivity index is 1.68. The molecule has 0 fully saturated rings. The Morgan fingerprint density at radius 1 is 0.818 bits per heavy atom. The number of hydrogen-bond acceptors (Lipinski definition) is 3. The van der Waals surface area contributed by atoms with E-state index in [1.807, 2.05) is 0 Å². The van der Waals surface area contributed by atoms with E-state index in [1.165, 1.54) is 60.6 Å². The average Bonchev–Trinajstić information content (AvgIpc) is 3.22. The zero-order valence-electron chi connectivity index (χ0n) is 27.5. The minimum atomic E-state index is -0.405. The molecule has 0 amide bonds. The Morgan fingerprint density at radius 2 is 1.48 bits per heavy atom. The third-order valence-electron chi connectivity index (χ3n) is 11.2. The fourth-order valence-corrected chi connectivity index (χ4v) is 8.62. The zero-order valence-corrected chi connectivity index (χ0v) is 27.5. The Labute approximate surface area is 261 Å². The van der Waals surface area contributed by atoms with Crippen molar-refractivity contribution in [2.24, 2.45) is 0 Å². The van der Waals surface area contributed by atoms with Gasteiger partial charge in [-0.1, -0.05) is 90.1 Å². The summed E-state index contributed by atoms with van der Waals surface area (Å²) in [5.74, 6) is 0. The minimum Gasteiger partial charge on any atom is -0.396 e. The van der Waals surface area contributed by atoms with Crippen LogP contribution in [0.15, 0.2) is 73.1 Å². The summed E-state index contributed by atoms with van der Waals surface area (Å²) in [4.78, 5) is 5.31. The first kappa shape index (κ1) is 29.1. The summed E-state index contributed by atoms with van der Waals surface area (Å²) in [7, 11) is 1.78. The number of methoxy groups -OCH3 is 1. The first-order valence-corrected chi connectivity index (χ1v) is 16.0. The molecule has 0 radical (unpaired) electrons. The van der Waals surface area contributed by atoms with E-state index in [-0.39, 0.29) is 22.9 Å². The smallest absolute Gasteiger partial charge is 0.287 e. The van der Waals surface area contributed by atoms with Crippen LogP contribution in [0.25, 0.3) is 44.1 Å². The molecule has 2 aliphatic rings. The van der Waals surface area contributed by atoms with Crippen LogP contribution < -0.4 is 4.57 Å². The van der Waals surface area contributed by atoms with Crippen molar-refractivity contribution in [1.82, 2.24) is 4.98 Å². The highest BCUT2D eigenvalue weighted by molar-refractivity contribution is 5.99. The molecular formula is C40H45N2O2+. The molecule has 1 N–H and O–H groups in total. The van der Waals surface area contributed by atoms with Crippen LogP contribution in [0.5, 0.6) is 0 Å². The van der Waals surface area contributed by atoms with E-state index >= 15 is 0 Å². The quantitative estimate of drug-likeness (QED) is 0.211. The molecule has 0 saturated carbocycles. The highest BCUT2D eigenvalue weighted by atomic mass is 16.5. The minimum absolute atomic E-state index is 0.0595. The lowest BCUT2D eigenvalue weighted by molar-refractivity contribution is -0.768. The maximum Gasteiger partial charge on any atom is 0.287 e. The van der Waals surface area contributed by atoms with Crippen molar-refractivity contribution in [2.45, 2.75) is 83.1 Å². The lowest BCUT2D eigenvalue weighted by atomic mass is 9.58. The number of ether oxygens (including phenoxy) is 1. The summed E-state index contributed by atoms with van der Waals surface area (Å²) >= 11 is 0. The molecule has 1 aromatic heterocycles. The number of hydrogen-bond donors (Lipinski definition) is 1. The van der Waals surface area contributed by atoms with Gasteiger partial charge in [0.05, 0.1) is 12.2 Å². The van der Waals surface area contributed by atoms with Gasteiger partial charge in [0.2, 0.25) is 0 Å². The molecule has 0 saturated heterocycles. The standard InChI is InChI=1S/C40H45N2O2/c1-37(2,3)31-23-30-33(28-16-12-11-15-27(28)31)39(6,17-19-43)40(7,18-20-44-8)42-24-41-35-29-21-25-13-9-10-14-26(25)22-32(29)38(4,5)34(35)36(30)42/h9-16,21-24,43H,17-20H2,1-8H3/q+1. The van der Waals surface area contributed by atoms with Gasteiger partial charge in [-0.05, 0) is 80.2 Å². The average molecular weight is 586 g/mol. The van der Waals surface area contributed by atoms with Gasteiger partial charge in [-0.3, -0.25) is 0 Å². The van der Waals surface area contributed by atoms with Gasteiger partial charge in [0.1, 0.15) is 11.2 Å². The van der Waals surface area contributed by atoms with Crippen LogP contribution in [0.1, 0.15) is 83.6 Å². The number of aromatic nitrogens is 2. The van der Waals surface area contributed by atoms with E-state index in [0.717, 1.165) is 12.1 Å². The van der Waals surface area contributed by atoms with E-state index < -0.39 is 5.54 Å². The monoisotopic (exact) mass is 585 g/mol. The highest BCUT2D eigenvalue weighted by Gasteiger charge is 2.58. The van der Waals surface area contributed by atoms with Crippen molar-refractivity contribution in [2.75, 3.05) is 20.3 Å². The van der Waals surface area contributed by atoms with Crippen molar-refractivity contribution < 1.29 is 14.4 Å². The highest BCUT2D eigenvalue weighted by Crippen LogP contribution is 2.58. The number of nitrogens with zero attached hydrogens (tertiary/aromatic N) is 2. The number of rotatable bonds is 5. The van der Waals surface area contributed by atoms with Crippen molar-refractivity contribution in [3.8, 4) is 22.5 Å². The number of aliphatic hydroxyl groups is 1. The van der Waals surface area contributed by atoms with Crippen molar-refractivity contribution in [3.63, 3.8) is 0 Å². The third kappa shape index (κ3) is 3.77. The van der Waals surface area contributed by atoms with Crippen LogP contribution in [0.2, 0.25) is 0 Å². The molecule has 226 valence electrons. The van der Waals surface area contributed by atoms with Crippen molar-refractivity contribution in [3.05, 3.63) is 95.3 Å². The summed E-state index contributed by atoms with van der Waals surface area (Å²) in [5.41, 5.74) is 9.00. The number of fused-ring (bicyclic) bond motifs is 10. The van der Waals surface area contributed by atoms with Crippen molar-refractivity contribution in [1.29, 1.82) is 0 Å². The predicted molar refractivity (Wildman–Crippen MR) is 180 cm³/mol. The molecule has 0 spiro atoms. The van der Waals surface area contributed by atoms with Crippen LogP contribution in [-0.2, 0) is 26.5 Å². The topological polar surface area (TPSA) is 46.2 Å². The van der Waals surface area contributed by atoms with E-state index in [9.17, 15) is 5.11 Å². The van der Waals surface area contributed by atoms with Gasteiger partial charge in [0.25, 0.3) is 6.33 Å². The number of aliphatic hydroxyl groups excluding tert-OH is 1. The first-order chi connectivity index (χ1) is 20.9. The van der Waals surface area contributed by atoms with Crippen LogP contribution >= 0.6 is 0 Å². The Kier molecular flexibility index (Phi) is 6.42. The second-order valence-electron chi connectivity index (χ2n) is 15.0. The molecule has 4 aromatic carbocycles. The summed E-state index contributed by atoms with van der Waals surface area (Å²) in [6, 6.07) is 24.8. The van der Waals surface area contributed by atoms with E-state index in [1.54, 1.807) is 7.11 Å². The molecule has 2 heterocycles. The number of benzene rings is 4. The Morgan fingerprint density at radius 3 is 2.14 bits per heavy atom. The molecule has 1 aliphatic heterocycles. The Bertz CT molecular complexity index is 1970. The second-order valence-corrected chi connectivity index (χ2v) is 15.0. The van der Waals surface area contributed by atoms with Gasteiger partial charge in [-0.2, -0.15) is 0 Å². The molecule has 4 heteroatoms. The molecule has 0 bridgehead atoms. The maximum atomic E-state index is 10.7. The normalized spacial score (nSPS) is 21.7. The van der Waals surface area contributed by atoms with Crippen LogP contribution in [0.3, 0.4) is 0 Å². The Hall–Kier alpha value is -3.60. The largest absolute Gasteiger partial charge is 0.396 e. The molecule has 5 aromatic rings. The van der Waals surface area contributed by atoms with Gasteiger partial charge in [-0.15, -0.1) is 0 Å². The summed E-state index contributed by atoms with van der Waals surface area (Å²) in [5, 5.41) is 15.7. The molecular weight excluding hydrogens is 540 g/mol.